The number of hydrogen-bond acceptors (Lipinski definition) is 3. The number of quaternary nitrogens is 1. The standard InChI is InChI=1S/C9H13N3O/c1-7(2)12(13)6-11-8-5-10-4-3-9(8)12/h3-4,7H,5-6H2,1-2H3. The first kappa shape index (κ1) is 8.59. The number of rotatable bonds is 1. The highest BCUT2D eigenvalue weighted by Crippen LogP contribution is 2.28. The fraction of sp³-hybridized carbons (Fsp3) is 0.556. The number of allylic oxidation sites excluding steroid dienone is 1. The van der Waals surface area contributed by atoms with Gasteiger partial charge in [0.15, 0.2) is 12.4 Å². The molecule has 2 aliphatic heterocycles. The quantitative estimate of drug-likeness (QED) is 0.439. The molecule has 0 N–H and O–H groups in total. The van der Waals surface area contributed by atoms with Crippen LogP contribution in [0.4, 0.5) is 0 Å². The first-order chi connectivity index (χ1) is 6.14. The van der Waals surface area contributed by atoms with Gasteiger partial charge in [0.2, 0.25) is 0 Å². The second kappa shape index (κ2) is 2.75. The average molecular weight is 179 g/mol. The van der Waals surface area contributed by atoms with Crippen LogP contribution >= 0.6 is 0 Å². The third-order valence-corrected chi connectivity index (χ3v) is 2.59. The normalized spacial score (nSPS) is 31.7. The lowest BCUT2D eigenvalue weighted by Gasteiger charge is -2.42. The summed E-state index contributed by atoms with van der Waals surface area (Å²) in [7, 11) is 0. The van der Waals surface area contributed by atoms with E-state index in [1.165, 1.54) is 0 Å². The molecule has 0 aromatic rings. The van der Waals surface area contributed by atoms with Gasteiger partial charge in [0.05, 0.1) is 12.6 Å². The molecule has 0 radical (unpaired) electrons. The van der Waals surface area contributed by atoms with E-state index < -0.39 is 0 Å². The lowest BCUT2D eigenvalue weighted by Crippen LogP contribution is -2.46. The van der Waals surface area contributed by atoms with Crippen LogP contribution in [-0.2, 0) is 0 Å². The van der Waals surface area contributed by atoms with Crippen molar-refractivity contribution in [2.75, 3.05) is 13.2 Å². The highest BCUT2D eigenvalue weighted by atomic mass is 16.6. The summed E-state index contributed by atoms with van der Waals surface area (Å²) in [6.45, 7) is 4.75. The molecule has 4 heteroatoms. The molecular weight excluding hydrogens is 166 g/mol. The van der Waals surface area contributed by atoms with Gasteiger partial charge in [-0.1, -0.05) is 0 Å². The molecule has 0 bridgehead atoms. The molecule has 0 amide bonds. The van der Waals surface area contributed by atoms with Gasteiger partial charge in [0.1, 0.15) is 5.71 Å². The van der Waals surface area contributed by atoms with Gasteiger partial charge >= 0.3 is 0 Å². The zero-order valence-electron chi connectivity index (χ0n) is 7.90. The van der Waals surface area contributed by atoms with E-state index in [-0.39, 0.29) is 10.7 Å². The second-order valence-electron chi connectivity index (χ2n) is 3.68. The zero-order chi connectivity index (χ0) is 9.47. The molecule has 0 spiro atoms. The number of fused-ring (bicyclic) bond motifs is 1. The molecule has 0 saturated heterocycles. The molecule has 2 rings (SSSR count). The van der Waals surface area contributed by atoms with Crippen LogP contribution in [0.1, 0.15) is 13.8 Å². The summed E-state index contributed by atoms with van der Waals surface area (Å²) in [5.74, 6) is 0. The van der Waals surface area contributed by atoms with Gasteiger partial charge in [0.25, 0.3) is 0 Å². The third-order valence-electron chi connectivity index (χ3n) is 2.59. The van der Waals surface area contributed by atoms with Crippen LogP contribution in [0.15, 0.2) is 21.8 Å². The second-order valence-corrected chi connectivity index (χ2v) is 3.68. The molecule has 0 aromatic heterocycles. The maximum absolute atomic E-state index is 12.3. The summed E-state index contributed by atoms with van der Waals surface area (Å²) in [5, 5.41) is 12.3. The SMILES string of the molecule is CC(C)[N+]1([O-])CN=C2CN=CC=C21. The van der Waals surface area contributed by atoms with Gasteiger partial charge in [-0.2, -0.15) is 0 Å². The van der Waals surface area contributed by atoms with E-state index >= 15 is 0 Å². The lowest BCUT2D eigenvalue weighted by molar-refractivity contribution is -0.854. The summed E-state index contributed by atoms with van der Waals surface area (Å²) in [6.07, 6.45) is 3.50. The molecule has 4 nitrogen and oxygen atoms in total. The number of dihydropyridines is 1. The summed E-state index contributed by atoms with van der Waals surface area (Å²) in [5.41, 5.74) is 1.66. The summed E-state index contributed by atoms with van der Waals surface area (Å²) < 4.78 is -0.318. The minimum Gasteiger partial charge on any atom is -0.626 e. The van der Waals surface area contributed by atoms with E-state index in [4.69, 9.17) is 0 Å². The van der Waals surface area contributed by atoms with Crippen LogP contribution in [-0.4, -0.2) is 35.8 Å². The van der Waals surface area contributed by atoms with Crippen molar-refractivity contribution in [3.8, 4) is 0 Å². The van der Waals surface area contributed by atoms with Crippen molar-refractivity contribution in [3.63, 3.8) is 0 Å². The Kier molecular flexibility index (Phi) is 1.82. The van der Waals surface area contributed by atoms with Gasteiger partial charge in [-0.3, -0.25) is 4.99 Å². The molecule has 0 fully saturated rings. The minimum atomic E-state index is -0.318. The van der Waals surface area contributed by atoms with Crippen molar-refractivity contribution in [2.24, 2.45) is 9.98 Å². The smallest absolute Gasteiger partial charge is 0.177 e. The molecule has 2 heterocycles. The van der Waals surface area contributed by atoms with Crippen molar-refractivity contribution in [1.29, 1.82) is 0 Å². The van der Waals surface area contributed by atoms with Crippen LogP contribution in [0, 0.1) is 5.21 Å². The monoisotopic (exact) mass is 179 g/mol. The fourth-order valence-corrected chi connectivity index (χ4v) is 1.62. The van der Waals surface area contributed by atoms with Crippen molar-refractivity contribution in [2.45, 2.75) is 19.9 Å². The molecule has 13 heavy (non-hydrogen) atoms. The van der Waals surface area contributed by atoms with E-state index in [9.17, 15) is 5.21 Å². The summed E-state index contributed by atoms with van der Waals surface area (Å²) >= 11 is 0. The molecule has 0 aromatic carbocycles. The number of nitrogens with zero attached hydrogens (tertiary/aromatic N) is 3. The maximum atomic E-state index is 12.3. The highest BCUT2D eigenvalue weighted by Gasteiger charge is 2.36. The maximum Gasteiger partial charge on any atom is 0.177 e. The predicted octanol–water partition coefficient (Wildman–Crippen LogP) is 1.09. The van der Waals surface area contributed by atoms with Crippen LogP contribution in [0.5, 0.6) is 0 Å². The topological polar surface area (TPSA) is 47.8 Å². The predicted molar refractivity (Wildman–Crippen MR) is 52.5 cm³/mol. The van der Waals surface area contributed by atoms with E-state index in [0.717, 1.165) is 11.4 Å². The minimum absolute atomic E-state index is 0.0269. The number of hydrogen-bond donors (Lipinski definition) is 0. The van der Waals surface area contributed by atoms with E-state index in [0.29, 0.717) is 13.2 Å². The molecule has 1 unspecified atom stereocenters. The van der Waals surface area contributed by atoms with Crippen LogP contribution < -0.4 is 0 Å². The van der Waals surface area contributed by atoms with Gasteiger partial charge in [0, 0.05) is 12.3 Å². The van der Waals surface area contributed by atoms with E-state index in [2.05, 4.69) is 9.98 Å². The zero-order valence-corrected chi connectivity index (χ0v) is 7.90. The Morgan fingerprint density at radius 2 is 2.31 bits per heavy atom. The average Bonchev–Trinajstić information content (AvgIpc) is 2.47. The molecule has 0 saturated carbocycles. The summed E-state index contributed by atoms with van der Waals surface area (Å²) in [6, 6.07) is 0.0269. The van der Waals surface area contributed by atoms with Crippen molar-refractivity contribution in [3.05, 3.63) is 17.0 Å². The number of aliphatic imine (C=N–C) groups is 2. The molecule has 70 valence electrons. The fourth-order valence-electron chi connectivity index (χ4n) is 1.62. The highest BCUT2D eigenvalue weighted by molar-refractivity contribution is 6.06. The first-order valence-corrected chi connectivity index (χ1v) is 4.48. The van der Waals surface area contributed by atoms with Gasteiger partial charge in [-0.15, -0.1) is 0 Å². The molecule has 0 aliphatic carbocycles. The number of hydroxylamine groups is 3. The Balaban J connectivity index is 2.38. The van der Waals surface area contributed by atoms with Gasteiger partial charge in [-0.25, -0.2) is 4.99 Å². The Bertz CT molecular complexity index is 317. The Morgan fingerprint density at radius 1 is 1.54 bits per heavy atom. The Labute approximate surface area is 77.5 Å². The van der Waals surface area contributed by atoms with Crippen LogP contribution in [0.25, 0.3) is 0 Å². The lowest BCUT2D eigenvalue weighted by atomic mass is 10.2. The molecule has 2 aliphatic rings. The van der Waals surface area contributed by atoms with Crippen LogP contribution in [0.3, 0.4) is 0 Å². The van der Waals surface area contributed by atoms with Crippen LogP contribution in [0.2, 0.25) is 0 Å². The van der Waals surface area contributed by atoms with E-state index in [1.807, 2.05) is 13.8 Å². The van der Waals surface area contributed by atoms with Gasteiger partial charge < -0.3 is 9.85 Å². The van der Waals surface area contributed by atoms with E-state index in [1.54, 1.807) is 12.3 Å². The Morgan fingerprint density at radius 3 is 3.00 bits per heavy atom. The molecular formula is C9H13N3O. The van der Waals surface area contributed by atoms with Gasteiger partial charge in [-0.05, 0) is 13.8 Å². The van der Waals surface area contributed by atoms with Crippen molar-refractivity contribution >= 4 is 11.9 Å². The third kappa shape index (κ3) is 1.14. The molecule has 1 atom stereocenters. The largest absolute Gasteiger partial charge is 0.626 e. The van der Waals surface area contributed by atoms with Crippen molar-refractivity contribution < 1.29 is 4.65 Å². The summed E-state index contributed by atoms with van der Waals surface area (Å²) in [4.78, 5) is 8.29. The van der Waals surface area contributed by atoms with Crippen molar-refractivity contribution in [1.82, 2.24) is 0 Å². The Hall–Kier alpha value is -1.00. The first-order valence-electron chi connectivity index (χ1n) is 4.48.